The first kappa shape index (κ1) is 16.5. The Kier molecular flexibility index (Phi) is 5.16. The zero-order valence-electron chi connectivity index (χ0n) is 14.3. The minimum Gasteiger partial charge on any atom is -0.495 e. The second kappa shape index (κ2) is 7.49. The van der Waals surface area contributed by atoms with Gasteiger partial charge in [0.1, 0.15) is 5.75 Å². The molecule has 0 bridgehead atoms. The molecule has 0 unspecified atom stereocenters. The smallest absolute Gasteiger partial charge is 0.227 e. The zero-order chi connectivity index (χ0) is 16.9. The number of rotatable bonds is 6. The number of nitrogens with one attached hydrogen (secondary N) is 1. The van der Waals surface area contributed by atoms with E-state index in [1.165, 1.54) is 5.56 Å². The van der Waals surface area contributed by atoms with Crippen molar-refractivity contribution in [3.8, 4) is 5.75 Å². The number of hydrogen-bond donors (Lipinski definition) is 1. The van der Waals surface area contributed by atoms with Crippen LogP contribution < -0.4 is 15.0 Å². The molecule has 126 valence electrons. The number of carbonyl (C=O) groups excluding carboxylic acids is 1. The summed E-state index contributed by atoms with van der Waals surface area (Å²) >= 11 is 0. The molecule has 2 aromatic carbocycles. The summed E-state index contributed by atoms with van der Waals surface area (Å²) in [5.74, 6) is 0.932. The van der Waals surface area contributed by atoms with Crippen LogP contribution in [0.5, 0.6) is 5.75 Å². The van der Waals surface area contributed by atoms with Gasteiger partial charge in [0.15, 0.2) is 0 Å². The van der Waals surface area contributed by atoms with Crippen LogP contribution in [0.2, 0.25) is 0 Å². The first-order valence-corrected chi connectivity index (χ1v) is 8.44. The van der Waals surface area contributed by atoms with Crippen LogP contribution in [0.25, 0.3) is 0 Å². The number of carbonyl (C=O) groups is 1. The fraction of sp³-hybridized carbons (Fsp3) is 0.350. The summed E-state index contributed by atoms with van der Waals surface area (Å²) in [5, 5.41) is 3.54. The number of anilines is 1. The summed E-state index contributed by atoms with van der Waals surface area (Å²) in [5.41, 5.74) is 3.29. The predicted molar refractivity (Wildman–Crippen MR) is 96.3 cm³/mol. The van der Waals surface area contributed by atoms with Crippen molar-refractivity contribution in [3.63, 3.8) is 0 Å². The molecule has 0 aliphatic carbocycles. The molecule has 1 atom stereocenters. The Labute approximate surface area is 143 Å². The molecule has 1 amide bonds. The minimum atomic E-state index is 0.177. The number of ether oxygens (including phenoxy) is 1. The quantitative estimate of drug-likeness (QED) is 0.881. The van der Waals surface area contributed by atoms with Gasteiger partial charge in [0.05, 0.1) is 12.8 Å². The van der Waals surface area contributed by atoms with Crippen LogP contribution in [-0.4, -0.2) is 19.6 Å². The van der Waals surface area contributed by atoms with Gasteiger partial charge in [-0.1, -0.05) is 36.4 Å². The molecule has 1 N–H and O–H groups in total. The largest absolute Gasteiger partial charge is 0.495 e. The Morgan fingerprint density at radius 2 is 2.00 bits per heavy atom. The molecule has 1 fully saturated rings. The SMILES string of the molecule is COc1ccc(CN[C@H](C)c2ccccc2)cc1N1CCCC1=O. The lowest BCUT2D eigenvalue weighted by atomic mass is 10.1. The van der Waals surface area contributed by atoms with Crippen LogP contribution in [0.3, 0.4) is 0 Å². The normalized spacial score (nSPS) is 15.6. The number of amides is 1. The van der Waals surface area contributed by atoms with Crippen LogP contribution in [0.1, 0.15) is 36.9 Å². The highest BCUT2D eigenvalue weighted by Crippen LogP contribution is 2.32. The van der Waals surface area contributed by atoms with Gasteiger partial charge in [0.25, 0.3) is 0 Å². The molecule has 1 aliphatic heterocycles. The summed E-state index contributed by atoms with van der Waals surface area (Å²) in [7, 11) is 1.65. The average molecular weight is 324 g/mol. The maximum Gasteiger partial charge on any atom is 0.227 e. The molecule has 24 heavy (non-hydrogen) atoms. The molecule has 0 aromatic heterocycles. The second-order valence-corrected chi connectivity index (χ2v) is 6.17. The van der Waals surface area contributed by atoms with Gasteiger partial charge in [0, 0.05) is 25.6 Å². The molecule has 2 aromatic rings. The Bertz CT molecular complexity index is 700. The molecule has 4 nitrogen and oxygen atoms in total. The molecule has 0 radical (unpaired) electrons. The highest BCUT2D eigenvalue weighted by atomic mass is 16.5. The molecule has 0 spiro atoms. The summed E-state index contributed by atoms with van der Waals surface area (Å²) in [6.45, 7) is 3.67. The Morgan fingerprint density at radius 3 is 2.67 bits per heavy atom. The first-order valence-electron chi connectivity index (χ1n) is 8.44. The number of hydrogen-bond acceptors (Lipinski definition) is 3. The van der Waals surface area contributed by atoms with Crippen molar-refractivity contribution in [1.29, 1.82) is 0 Å². The summed E-state index contributed by atoms with van der Waals surface area (Å²) < 4.78 is 5.44. The summed E-state index contributed by atoms with van der Waals surface area (Å²) in [6, 6.07) is 16.7. The molecule has 1 heterocycles. The van der Waals surface area contributed by atoms with Crippen LogP contribution in [0.4, 0.5) is 5.69 Å². The van der Waals surface area contributed by atoms with Crippen molar-refractivity contribution in [1.82, 2.24) is 5.32 Å². The Morgan fingerprint density at radius 1 is 1.21 bits per heavy atom. The van der Waals surface area contributed by atoms with E-state index in [9.17, 15) is 4.79 Å². The van der Waals surface area contributed by atoms with Gasteiger partial charge in [-0.2, -0.15) is 0 Å². The number of benzene rings is 2. The lowest BCUT2D eigenvalue weighted by molar-refractivity contribution is -0.117. The van der Waals surface area contributed by atoms with Crippen molar-refractivity contribution in [2.24, 2.45) is 0 Å². The van der Waals surface area contributed by atoms with Crippen molar-refractivity contribution in [2.45, 2.75) is 32.4 Å². The summed E-state index contributed by atoms with van der Waals surface area (Å²) in [6.07, 6.45) is 1.53. The maximum absolute atomic E-state index is 12.1. The van der Waals surface area contributed by atoms with E-state index >= 15 is 0 Å². The van der Waals surface area contributed by atoms with E-state index in [1.807, 2.05) is 23.1 Å². The molecular formula is C20H24N2O2. The predicted octanol–water partition coefficient (Wildman–Crippen LogP) is 3.67. The van der Waals surface area contributed by atoms with Crippen molar-refractivity contribution >= 4 is 11.6 Å². The van der Waals surface area contributed by atoms with Crippen LogP contribution in [0, 0.1) is 0 Å². The van der Waals surface area contributed by atoms with E-state index in [0.717, 1.165) is 36.5 Å². The van der Waals surface area contributed by atoms with E-state index in [2.05, 4.69) is 42.6 Å². The van der Waals surface area contributed by atoms with Gasteiger partial charge >= 0.3 is 0 Å². The lowest BCUT2D eigenvalue weighted by Crippen LogP contribution is -2.25. The highest BCUT2D eigenvalue weighted by Gasteiger charge is 2.24. The van der Waals surface area contributed by atoms with E-state index in [-0.39, 0.29) is 11.9 Å². The van der Waals surface area contributed by atoms with Crippen LogP contribution in [-0.2, 0) is 11.3 Å². The third-order valence-corrected chi connectivity index (χ3v) is 4.52. The van der Waals surface area contributed by atoms with Gasteiger partial charge in [-0.25, -0.2) is 0 Å². The highest BCUT2D eigenvalue weighted by molar-refractivity contribution is 5.96. The Hall–Kier alpha value is -2.33. The van der Waals surface area contributed by atoms with Gasteiger partial charge < -0.3 is 15.0 Å². The maximum atomic E-state index is 12.1. The van der Waals surface area contributed by atoms with Crippen molar-refractivity contribution in [3.05, 3.63) is 59.7 Å². The van der Waals surface area contributed by atoms with E-state index in [4.69, 9.17) is 4.74 Å². The van der Waals surface area contributed by atoms with Gasteiger partial charge in [0.2, 0.25) is 5.91 Å². The number of methoxy groups -OCH3 is 1. The van der Waals surface area contributed by atoms with E-state index in [0.29, 0.717) is 6.42 Å². The van der Waals surface area contributed by atoms with Crippen molar-refractivity contribution < 1.29 is 9.53 Å². The molecule has 4 heteroatoms. The zero-order valence-corrected chi connectivity index (χ0v) is 14.3. The molecule has 1 saturated heterocycles. The standard InChI is InChI=1S/C20H24N2O2/c1-15(17-7-4-3-5-8-17)21-14-16-10-11-19(24-2)18(13-16)22-12-6-9-20(22)23/h3-5,7-8,10-11,13,15,21H,6,9,12,14H2,1-2H3/t15-/m1/s1. The first-order chi connectivity index (χ1) is 11.7. The Balaban J connectivity index is 1.73. The second-order valence-electron chi connectivity index (χ2n) is 6.17. The van der Waals surface area contributed by atoms with Gasteiger partial charge in [-0.15, -0.1) is 0 Å². The monoisotopic (exact) mass is 324 g/mol. The molecular weight excluding hydrogens is 300 g/mol. The lowest BCUT2D eigenvalue weighted by Gasteiger charge is -2.21. The average Bonchev–Trinajstić information content (AvgIpc) is 3.06. The third kappa shape index (κ3) is 3.60. The minimum absolute atomic E-state index is 0.177. The molecule has 0 saturated carbocycles. The van der Waals surface area contributed by atoms with E-state index < -0.39 is 0 Å². The fourth-order valence-electron chi connectivity index (χ4n) is 3.09. The molecule has 1 aliphatic rings. The topological polar surface area (TPSA) is 41.6 Å². The van der Waals surface area contributed by atoms with Gasteiger partial charge in [-0.3, -0.25) is 4.79 Å². The number of nitrogens with zero attached hydrogens (tertiary/aromatic N) is 1. The fourth-order valence-corrected chi connectivity index (χ4v) is 3.09. The third-order valence-electron chi connectivity index (χ3n) is 4.52. The summed E-state index contributed by atoms with van der Waals surface area (Å²) in [4.78, 5) is 13.9. The van der Waals surface area contributed by atoms with Gasteiger partial charge in [-0.05, 0) is 36.6 Å². The van der Waals surface area contributed by atoms with E-state index in [1.54, 1.807) is 7.11 Å². The molecule has 3 rings (SSSR count). The van der Waals surface area contributed by atoms with Crippen molar-refractivity contribution in [2.75, 3.05) is 18.6 Å². The van der Waals surface area contributed by atoms with Crippen LogP contribution in [0.15, 0.2) is 48.5 Å². The van der Waals surface area contributed by atoms with Crippen LogP contribution >= 0.6 is 0 Å².